The number of nitrogens with zero attached hydrogens (tertiary/aromatic N) is 1. The zero-order valence-electron chi connectivity index (χ0n) is 13.1. The van der Waals surface area contributed by atoms with E-state index in [1.165, 1.54) is 11.1 Å². The van der Waals surface area contributed by atoms with Gasteiger partial charge >= 0.3 is 0 Å². The van der Waals surface area contributed by atoms with Gasteiger partial charge in [-0.05, 0) is 69.0 Å². The molecular formula is C16H25ClN2O. The van der Waals surface area contributed by atoms with E-state index in [9.17, 15) is 0 Å². The Morgan fingerprint density at radius 1 is 1.25 bits per heavy atom. The second-order valence-corrected chi connectivity index (χ2v) is 6.31. The Labute approximate surface area is 127 Å². The molecule has 4 heteroatoms. The summed E-state index contributed by atoms with van der Waals surface area (Å²) in [6, 6.07) is 0.408. The number of hydrogen-bond donors (Lipinski definition) is 1. The van der Waals surface area contributed by atoms with Gasteiger partial charge in [-0.1, -0.05) is 11.6 Å². The summed E-state index contributed by atoms with van der Waals surface area (Å²) in [4.78, 5) is 2.40. The third-order valence-electron chi connectivity index (χ3n) is 4.75. The lowest BCUT2D eigenvalue weighted by molar-refractivity contribution is 0.311. The minimum absolute atomic E-state index is 0.408. The molecule has 20 heavy (non-hydrogen) atoms. The Hall–Kier alpha value is -0.770. The topological polar surface area (TPSA) is 38.5 Å². The summed E-state index contributed by atoms with van der Waals surface area (Å²) in [6.45, 7) is 8.15. The Morgan fingerprint density at radius 3 is 2.40 bits per heavy atom. The monoisotopic (exact) mass is 296 g/mol. The molecular weight excluding hydrogens is 272 g/mol. The summed E-state index contributed by atoms with van der Waals surface area (Å²) in [5.74, 6) is 1.38. The first kappa shape index (κ1) is 15.6. The van der Waals surface area contributed by atoms with Crippen LogP contribution in [0.3, 0.4) is 0 Å². The number of benzene rings is 1. The first-order chi connectivity index (χ1) is 9.42. The molecule has 112 valence electrons. The van der Waals surface area contributed by atoms with E-state index in [1.54, 1.807) is 7.11 Å². The van der Waals surface area contributed by atoms with E-state index in [-0.39, 0.29) is 0 Å². The molecule has 2 unspecified atom stereocenters. The fraction of sp³-hybridized carbons (Fsp3) is 0.625. The third-order valence-corrected chi connectivity index (χ3v) is 5.20. The lowest BCUT2D eigenvalue weighted by Crippen LogP contribution is -2.21. The van der Waals surface area contributed by atoms with Crippen molar-refractivity contribution in [3.8, 4) is 5.75 Å². The zero-order valence-corrected chi connectivity index (χ0v) is 13.8. The summed E-state index contributed by atoms with van der Waals surface area (Å²) >= 11 is 6.50. The van der Waals surface area contributed by atoms with Crippen LogP contribution in [0.5, 0.6) is 5.75 Å². The fourth-order valence-corrected chi connectivity index (χ4v) is 3.78. The maximum absolute atomic E-state index is 6.50. The molecule has 2 rings (SSSR count). The summed E-state index contributed by atoms with van der Waals surface area (Å²) in [7, 11) is 3.85. The second kappa shape index (κ2) is 5.92. The summed E-state index contributed by atoms with van der Waals surface area (Å²) in [5.41, 5.74) is 10.8. The van der Waals surface area contributed by atoms with E-state index in [0.717, 1.165) is 41.4 Å². The number of ether oxygens (including phenoxy) is 1. The molecule has 1 heterocycles. The van der Waals surface area contributed by atoms with Crippen molar-refractivity contribution in [3.63, 3.8) is 0 Å². The Balaban J connectivity index is 2.53. The van der Waals surface area contributed by atoms with Gasteiger partial charge in [-0.25, -0.2) is 0 Å². The van der Waals surface area contributed by atoms with Gasteiger partial charge in [-0.3, -0.25) is 4.90 Å². The summed E-state index contributed by atoms with van der Waals surface area (Å²) < 4.78 is 5.46. The van der Waals surface area contributed by atoms with E-state index in [4.69, 9.17) is 22.1 Å². The third kappa shape index (κ3) is 2.43. The van der Waals surface area contributed by atoms with E-state index >= 15 is 0 Å². The van der Waals surface area contributed by atoms with Gasteiger partial charge in [-0.15, -0.1) is 0 Å². The molecule has 0 radical (unpaired) electrons. The first-order valence-corrected chi connectivity index (χ1v) is 7.53. The molecule has 1 saturated heterocycles. The van der Waals surface area contributed by atoms with Crippen molar-refractivity contribution in [1.29, 1.82) is 0 Å². The van der Waals surface area contributed by atoms with Gasteiger partial charge in [0.05, 0.1) is 12.1 Å². The molecule has 1 aromatic carbocycles. The fourth-order valence-electron chi connectivity index (χ4n) is 3.46. The predicted molar refractivity (Wildman–Crippen MR) is 84.7 cm³/mol. The van der Waals surface area contributed by atoms with Crippen LogP contribution in [0.15, 0.2) is 0 Å². The lowest BCUT2D eigenvalue weighted by Gasteiger charge is -2.26. The molecule has 0 aromatic heterocycles. The SMILES string of the molecule is COc1c(C)c(C)c(C2CC(CN)CN2C)c(C)c1Cl. The van der Waals surface area contributed by atoms with Gasteiger partial charge in [0, 0.05) is 12.6 Å². The minimum Gasteiger partial charge on any atom is -0.495 e. The lowest BCUT2D eigenvalue weighted by atomic mass is 9.89. The van der Waals surface area contributed by atoms with Crippen LogP contribution in [0.4, 0.5) is 0 Å². The first-order valence-electron chi connectivity index (χ1n) is 7.15. The van der Waals surface area contributed by atoms with Crippen LogP contribution in [-0.2, 0) is 0 Å². The van der Waals surface area contributed by atoms with Crippen molar-refractivity contribution in [3.05, 3.63) is 27.3 Å². The van der Waals surface area contributed by atoms with E-state index < -0.39 is 0 Å². The van der Waals surface area contributed by atoms with Crippen LogP contribution in [-0.4, -0.2) is 32.1 Å². The van der Waals surface area contributed by atoms with Crippen LogP contribution in [0.25, 0.3) is 0 Å². The van der Waals surface area contributed by atoms with Gasteiger partial charge in [0.1, 0.15) is 5.75 Å². The van der Waals surface area contributed by atoms with Gasteiger partial charge in [-0.2, -0.15) is 0 Å². The highest BCUT2D eigenvalue weighted by molar-refractivity contribution is 6.33. The minimum atomic E-state index is 0.408. The maximum Gasteiger partial charge on any atom is 0.140 e. The number of rotatable bonds is 3. The van der Waals surface area contributed by atoms with Crippen molar-refractivity contribution in [2.75, 3.05) is 27.2 Å². The number of likely N-dealkylation sites (tertiary alicyclic amines) is 1. The average molecular weight is 297 g/mol. The van der Waals surface area contributed by atoms with E-state index in [1.807, 2.05) is 0 Å². The zero-order chi connectivity index (χ0) is 15.0. The standard InChI is InChI=1S/C16H25ClN2O/c1-9-10(2)16(20-5)15(17)11(3)14(9)13-6-12(7-18)8-19(13)4/h12-13H,6-8,18H2,1-5H3. The highest BCUT2D eigenvalue weighted by Gasteiger charge is 2.33. The summed E-state index contributed by atoms with van der Waals surface area (Å²) in [6.07, 6.45) is 1.11. The molecule has 0 saturated carbocycles. The Bertz CT molecular complexity index is 487. The number of nitrogens with two attached hydrogens (primary N) is 1. The highest BCUT2D eigenvalue weighted by atomic mass is 35.5. The molecule has 0 amide bonds. The molecule has 0 spiro atoms. The number of hydrogen-bond acceptors (Lipinski definition) is 3. The molecule has 2 atom stereocenters. The van der Waals surface area contributed by atoms with Gasteiger partial charge < -0.3 is 10.5 Å². The maximum atomic E-state index is 6.50. The molecule has 1 aliphatic rings. The number of halogens is 1. The van der Waals surface area contributed by atoms with Crippen molar-refractivity contribution in [1.82, 2.24) is 4.90 Å². The van der Waals surface area contributed by atoms with Crippen LogP contribution in [0.2, 0.25) is 5.02 Å². The van der Waals surface area contributed by atoms with Gasteiger partial charge in [0.2, 0.25) is 0 Å². The van der Waals surface area contributed by atoms with Crippen molar-refractivity contribution >= 4 is 11.6 Å². The normalized spacial score (nSPS) is 23.4. The van der Waals surface area contributed by atoms with Crippen LogP contribution >= 0.6 is 11.6 Å². The van der Waals surface area contributed by atoms with Crippen LogP contribution < -0.4 is 10.5 Å². The Kier molecular flexibility index (Phi) is 4.62. The van der Waals surface area contributed by atoms with E-state index in [0.29, 0.717) is 12.0 Å². The predicted octanol–water partition coefficient (Wildman–Crippen LogP) is 3.23. The van der Waals surface area contributed by atoms with Gasteiger partial charge in [0.25, 0.3) is 0 Å². The molecule has 3 nitrogen and oxygen atoms in total. The molecule has 0 bridgehead atoms. The average Bonchev–Trinajstić information content (AvgIpc) is 2.79. The molecule has 1 aliphatic heterocycles. The quantitative estimate of drug-likeness (QED) is 0.931. The molecule has 0 aliphatic carbocycles. The smallest absolute Gasteiger partial charge is 0.140 e. The van der Waals surface area contributed by atoms with Crippen molar-refractivity contribution in [2.24, 2.45) is 11.7 Å². The summed E-state index contributed by atoms with van der Waals surface area (Å²) in [5, 5.41) is 0.746. The Morgan fingerprint density at radius 2 is 1.90 bits per heavy atom. The van der Waals surface area contributed by atoms with Crippen LogP contribution in [0, 0.1) is 26.7 Å². The second-order valence-electron chi connectivity index (χ2n) is 5.93. The van der Waals surface area contributed by atoms with E-state index in [2.05, 4.69) is 32.7 Å². The molecule has 2 N–H and O–H groups in total. The van der Waals surface area contributed by atoms with Gasteiger partial charge in [0.15, 0.2) is 0 Å². The van der Waals surface area contributed by atoms with Crippen molar-refractivity contribution < 1.29 is 4.74 Å². The molecule has 1 fully saturated rings. The highest BCUT2D eigenvalue weighted by Crippen LogP contribution is 2.44. The largest absolute Gasteiger partial charge is 0.495 e. The number of methoxy groups -OCH3 is 1. The molecule has 1 aromatic rings. The van der Waals surface area contributed by atoms with Crippen LogP contribution in [0.1, 0.15) is 34.7 Å². The van der Waals surface area contributed by atoms with Crippen molar-refractivity contribution in [2.45, 2.75) is 33.2 Å².